The van der Waals surface area contributed by atoms with E-state index < -0.39 is 0 Å². The Bertz CT molecular complexity index is 233. The van der Waals surface area contributed by atoms with Crippen molar-refractivity contribution in [2.45, 2.75) is 31.3 Å². The van der Waals surface area contributed by atoms with Gasteiger partial charge in [-0.05, 0) is 26.3 Å². The van der Waals surface area contributed by atoms with E-state index in [9.17, 15) is 4.79 Å². The molecule has 86 valence electrons. The van der Waals surface area contributed by atoms with Crippen molar-refractivity contribution in [3.8, 4) is 0 Å². The van der Waals surface area contributed by atoms with Gasteiger partial charge < -0.3 is 20.7 Å². The minimum Gasteiger partial charge on any atom is -0.379 e. The summed E-state index contributed by atoms with van der Waals surface area (Å²) >= 11 is 0. The summed E-state index contributed by atoms with van der Waals surface area (Å²) in [5, 5.41) is 9.19. The molecule has 2 atom stereocenters. The van der Waals surface area contributed by atoms with E-state index in [0.29, 0.717) is 6.61 Å². The number of hydrogen-bond acceptors (Lipinski definition) is 3. The zero-order valence-corrected chi connectivity index (χ0v) is 9.14. The van der Waals surface area contributed by atoms with Gasteiger partial charge in [0, 0.05) is 13.2 Å². The van der Waals surface area contributed by atoms with Crippen LogP contribution in [0, 0.1) is 0 Å². The van der Waals surface area contributed by atoms with Crippen LogP contribution in [0.1, 0.15) is 19.8 Å². The van der Waals surface area contributed by atoms with E-state index in [1.807, 2.05) is 0 Å². The van der Waals surface area contributed by atoms with Crippen LogP contribution in [0.2, 0.25) is 0 Å². The SMILES string of the molecule is CC1(NC(=O)NC2CCOC2)CCNC1. The molecule has 2 saturated heterocycles. The first-order valence-corrected chi connectivity index (χ1v) is 5.55. The van der Waals surface area contributed by atoms with Gasteiger partial charge in [0.25, 0.3) is 0 Å². The normalized spacial score (nSPS) is 35.4. The molecule has 0 radical (unpaired) electrons. The molecule has 5 nitrogen and oxygen atoms in total. The summed E-state index contributed by atoms with van der Waals surface area (Å²) in [4.78, 5) is 11.7. The van der Waals surface area contributed by atoms with Gasteiger partial charge in [0.1, 0.15) is 0 Å². The smallest absolute Gasteiger partial charge is 0.315 e. The number of amides is 2. The van der Waals surface area contributed by atoms with Crippen molar-refractivity contribution in [2.24, 2.45) is 0 Å². The standard InChI is InChI=1S/C10H19N3O2/c1-10(3-4-11-7-10)13-9(14)12-8-2-5-15-6-8/h8,11H,2-7H2,1H3,(H2,12,13,14). The van der Waals surface area contributed by atoms with Crippen molar-refractivity contribution in [1.82, 2.24) is 16.0 Å². The summed E-state index contributed by atoms with van der Waals surface area (Å²) in [6, 6.07) is 0.111. The third-order valence-electron chi connectivity index (χ3n) is 3.05. The maximum atomic E-state index is 11.7. The molecule has 0 bridgehead atoms. The lowest BCUT2D eigenvalue weighted by Crippen LogP contribution is -2.53. The number of nitrogens with one attached hydrogen (secondary N) is 3. The summed E-state index contributed by atoms with van der Waals surface area (Å²) in [5.41, 5.74) is -0.0937. The highest BCUT2D eigenvalue weighted by molar-refractivity contribution is 5.75. The molecule has 0 spiro atoms. The van der Waals surface area contributed by atoms with Crippen LogP contribution in [0.15, 0.2) is 0 Å². The summed E-state index contributed by atoms with van der Waals surface area (Å²) < 4.78 is 5.20. The number of rotatable bonds is 2. The van der Waals surface area contributed by atoms with Crippen LogP contribution < -0.4 is 16.0 Å². The van der Waals surface area contributed by atoms with Crippen LogP contribution in [0.3, 0.4) is 0 Å². The lowest BCUT2D eigenvalue weighted by Gasteiger charge is -2.25. The van der Waals surface area contributed by atoms with Crippen LogP contribution >= 0.6 is 0 Å². The minimum atomic E-state index is -0.0937. The molecule has 0 aromatic carbocycles. The number of carbonyl (C=O) groups excluding carboxylic acids is 1. The van der Waals surface area contributed by atoms with Gasteiger partial charge in [0.15, 0.2) is 0 Å². The fourth-order valence-electron chi connectivity index (χ4n) is 2.07. The predicted octanol–water partition coefficient (Wildman–Crippen LogP) is -0.173. The van der Waals surface area contributed by atoms with Crippen molar-refractivity contribution < 1.29 is 9.53 Å². The Labute approximate surface area is 89.9 Å². The van der Waals surface area contributed by atoms with Crippen molar-refractivity contribution in [3.05, 3.63) is 0 Å². The van der Waals surface area contributed by atoms with Crippen LogP contribution in [0.4, 0.5) is 4.79 Å². The second kappa shape index (κ2) is 4.37. The van der Waals surface area contributed by atoms with E-state index >= 15 is 0 Å². The van der Waals surface area contributed by atoms with E-state index in [0.717, 1.165) is 32.5 Å². The lowest BCUT2D eigenvalue weighted by molar-refractivity contribution is 0.187. The maximum absolute atomic E-state index is 11.7. The summed E-state index contributed by atoms with van der Waals surface area (Å²) in [6.45, 7) is 5.29. The lowest BCUT2D eigenvalue weighted by atomic mass is 10.0. The third kappa shape index (κ3) is 2.82. The number of carbonyl (C=O) groups is 1. The Morgan fingerprint density at radius 2 is 2.47 bits per heavy atom. The quantitative estimate of drug-likeness (QED) is 0.596. The summed E-state index contributed by atoms with van der Waals surface area (Å²) in [5.74, 6) is 0. The van der Waals surface area contributed by atoms with Gasteiger partial charge in [0.2, 0.25) is 0 Å². The van der Waals surface area contributed by atoms with Crippen molar-refractivity contribution in [2.75, 3.05) is 26.3 Å². The molecular formula is C10H19N3O2. The fraction of sp³-hybridized carbons (Fsp3) is 0.900. The molecule has 2 aliphatic rings. The van der Waals surface area contributed by atoms with Crippen molar-refractivity contribution >= 4 is 6.03 Å². The van der Waals surface area contributed by atoms with E-state index in [1.54, 1.807) is 0 Å². The van der Waals surface area contributed by atoms with Crippen molar-refractivity contribution in [1.29, 1.82) is 0 Å². The Balaban J connectivity index is 1.76. The molecule has 0 aromatic heterocycles. The molecule has 0 aliphatic carbocycles. The highest BCUT2D eigenvalue weighted by atomic mass is 16.5. The average Bonchev–Trinajstić information content (AvgIpc) is 2.76. The molecule has 2 heterocycles. The molecule has 2 rings (SSSR count). The topological polar surface area (TPSA) is 62.4 Å². The van der Waals surface area contributed by atoms with E-state index in [-0.39, 0.29) is 17.6 Å². The summed E-state index contributed by atoms with van der Waals surface area (Å²) in [7, 11) is 0. The Kier molecular flexibility index (Phi) is 3.11. The second-order valence-corrected chi connectivity index (χ2v) is 4.65. The number of urea groups is 1. The highest BCUT2D eigenvalue weighted by Gasteiger charge is 2.30. The van der Waals surface area contributed by atoms with Crippen LogP contribution in [-0.2, 0) is 4.74 Å². The first kappa shape index (κ1) is 10.7. The molecule has 2 amide bonds. The van der Waals surface area contributed by atoms with E-state index in [1.165, 1.54) is 0 Å². The second-order valence-electron chi connectivity index (χ2n) is 4.65. The molecule has 15 heavy (non-hydrogen) atoms. The van der Waals surface area contributed by atoms with Gasteiger partial charge in [-0.15, -0.1) is 0 Å². The molecular weight excluding hydrogens is 194 g/mol. The van der Waals surface area contributed by atoms with Gasteiger partial charge in [0.05, 0.1) is 18.2 Å². The zero-order chi connectivity index (χ0) is 10.7. The number of hydrogen-bond donors (Lipinski definition) is 3. The maximum Gasteiger partial charge on any atom is 0.315 e. The Morgan fingerprint density at radius 1 is 1.60 bits per heavy atom. The Morgan fingerprint density at radius 3 is 3.07 bits per heavy atom. The van der Waals surface area contributed by atoms with E-state index in [4.69, 9.17) is 4.74 Å². The Hall–Kier alpha value is -0.810. The van der Waals surface area contributed by atoms with Crippen molar-refractivity contribution in [3.63, 3.8) is 0 Å². The first-order chi connectivity index (χ1) is 7.18. The number of ether oxygens (including phenoxy) is 1. The van der Waals surface area contributed by atoms with Crippen LogP contribution in [0.25, 0.3) is 0 Å². The third-order valence-corrected chi connectivity index (χ3v) is 3.05. The molecule has 0 aromatic rings. The molecule has 0 saturated carbocycles. The molecule has 3 N–H and O–H groups in total. The molecule has 2 unspecified atom stereocenters. The molecule has 5 heteroatoms. The average molecular weight is 213 g/mol. The largest absolute Gasteiger partial charge is 0.379 e. The molecule has 2 aliphatic heterocycles. The fourth-order valence-corrected chi connectivity index (χ4v) is 2.07. The minimum absolute atomic E-state index is 0.0725. The highest BCUT2D eigenvalue weighted by Crippen LogP contribution is 2.13. The predicted molar refractivity (Wildman–Crippen MR) is 56.8 cm³/mol. The van der Waals surface area contributed by atoms with Gasteiger partial charge in [-0.25, -0.2) is 4.79 Å². The monoisotopic (exact) mass is 213 g/mol. The van der Waals surface area contributed by atoms with Crippen LogP contribution in [0.5, 0.6) is 0 Å². The summed E-state index contributed by atoms with van der Waals surface area (Å²) in [6.07, 6.45) is 1.91. The first-order valence-electron chi connectivity index (χ1n) is 5.55. The van der Waals surface area contributed by atoms with Gasteiger partial charge >= 0.3 is 6.03 Å². The van der Waals surface area contributed by atoms with E-state index in [2.05, 4.69) is 22.9 Å². The molecule has 2 fully saturated rings. The van der Waals surface area contributed by atoms with Crippen LogP contribution in [-0.4, -0.2) is 43.9 Å². The van der Waals surface area contributed by atoms with Gasteiger partial charge in [-0.1, -0.05) is 0 Å². The zero-order valence-electron chi connectivity index (χ0n) is 9.14. The van der Waals surface area contributed by atoms with Gasteiger partial charge in [-0.3, -0.25) is 0 Å². The van der Waals surface area contributed by atoms with Gasteiger partial charge in [-0.2, -0.15) is 0 Å².